The average molecular weight is 359 g/mol. The molecule has 1 fully saturated rings. The zero-order valence-corrected chi connectivity index (χ0v) is 15.1. The van der Waals surface area contributed by atoms with Crippen LogP contribution in [-0.2, 0) is 0 Å². The van der Waals surface area contributed by atoms with Gasteiger partial charge in [0, 0.05) is 34.6 Å². The number of benzene rings is 1. The quantitative estimate of drug-likeness (QED) is 0.635. The molecule has 6 nitrogen and oxygen atoms in total. The van der Waals surface area contributed by atoms with Gasteiger partial charge in [0.05, 0.1) is 11.0 Å². The third-order valence-electron chi connectivity index (χ3n) is 4.39. The van der Waals surface area contributed by atoms with Crippen molar-refractivity contribution in [2.45, 2.75) is 32.7 Å². The molecule has 0 bridgehead atoms. The fraction of sp³-hybridized carbons (Fsp3) is 0.389. The molecule has 1 saturated heterocycles. The Morgan fingerprint density at radius 3 is 2.60 bits per heavy atom. The third kappa shape index (κ3) is 3.82. The molecule has 2 heterocycles. The van der Waals surface area contributed by atoms with Gasteiger partial charge in [-0.2, -0.15) is 0 Å². The molecule has 1 amide bonds. The minimum atomic E-state index is -0.487. The van der Waals surface area contributed by atoms with Crippen LogP contribution in [0, 0.1) is 17.0 Å². The van der Waals surface area contributed by atoms with E-state index in [0.29, 0.717) is 18.8 Å². The van der Waals surface area contributed by atoms with E-state index in [1.807, 2.05) is 6.92 Å². The first-order valence-electron chi connectivity index (χ1n) is 8.36. The molecule has 7 heteroatoms. The van der Waals surface area contributed by atoms with E-state index in [1.54, 1.807) is 28.4 Å². The monoisotopic (exact) mass is 359 g/mol. The van der Waals surface area contributed by atoms with Gasteiger partial charge in [0.25, 0.3) is 11.6 Å². The number of thiophene rings is 1. The van der Waals surface area contributed by atoms with E-state index in [1.165, 1.54) is 15.8 Å². The van der Waals surface area contributed by atoms with Crippen LogP contribution in [0.5, 0.6) is 0 Å². The first-order chi connectivity index (χ1) is 12.0. The Bertz CT molecular complexity index is 797. The minimum absolute atomic E-state index is 0.0647. The molecule has 0 spiro atoms. The summed E-state index contributed by atoms with van der Waals surface area (Å²) in [5.41, 5.74) is 0.736. The zero-order valence-electron chi connectivity index (χ0n) is 14.3. The molecule has 0 aliphatic carbocycles. The van der Waals surface area contributed by atoms with Crippen molar-refractivity contribution < 1.29 is 9.72 Å². The van der Waals surface area contributed by atoms with E-state index in [9.17, 15) is 14.9 Å². The summed E-state index contributed by atoms with van der Waals surface area (Å²) in [5.74, 6) is -0.257. The smallest absolute Gasteiger partial charge is 0.282 e. The number of amides is 1. The van der Waals surface area contributed by atoms with Crippen LogP contribution in [0.2, 0.25) is 0 Å². The molecule has 0 saturated carbocycles. The molecule has 0 unspecified atom stereocenters. The molecule has 1 aromatic carbocycles. The summed E-state index contributed by atoms with van der Waals surface area (Å²) in [6.07, 6.45) is 1.90. The zero-order chi connectivity index (χ0) is 18.0. The second-order valence-electron chi connectivity index (χ2n) is 6.30. The first kappa shape index (κ1) is 17.4. The first-order valence-corrected chi connectivity index (χ1v) is 9.18. The van der Waals surface area contributed by atoms with E-state index < -0.39 is 4.92 Å². The second-order valence-corrected chi connectivity index (χ2v) is 7.62. The lowest BCUT2D eigenvalue weighted by Gasteiger charge is -2.18. The highest BCUT2D eigenvalue weighted by Gasteiger charge is 2.27. The fourth-order valence-corrected chi connectivity index (χ4v) is 3.93. The van der Waals surface area contributed by atoms with Crippen molar-refractivity contribution in [3.05, 3.63) is 55.8 Å². The van der Waals surface area contributed by atoms with Crippen LogP contribution in [0.3, 0.4) is 0 Å². The number of nitrogens with one attached hydrogen (secondary N) is 1. The maximum absolute atomic E-state index is 12.7. The molecule has 1 N–H and O–H groups in total. The Balaban J connectivity index is 1.86. The van der Waals surface area contributed by atoms with Gasteiger partial charge in [-0.1, -0.05) is 0 Å². The lowest BCUT2D eigenvalue weighted by Crippen LogP contribution is -2.28. The summed E-state index contributed by atoms with van der Waals surface area (Å²) < 4.78 is 0. The van der Waals surface area contributed by atoms with Crippen LogP contribution in [0.4, 0.5) is 11.4 Å². The maximum Gasteiger partial charge on any atom is 0.282 e. The minimum Gasteiger partial charge on any atom is -0.378 e. The lowest BCUT2D eigenvalue weighted by atomic mass is 10.1. The number of hydrogen-bond acceptors (Lipinski definition) is 5. The number of anilines is 1. The Morgan fingerprint density at radius 2 is 2.00 bits per heavy atom. The molecule has 2 aromatic rings. The molecular formula is C18H21N3O3S. The van der Waals surface area contributed by atoms with Gasteiger partial charge in [-0.05, 0) is 51.0 Å². The van der Waals surface area contributed by atoms with Gasteiger partial charge >= 0.3 is 0 Å². The number of carbonyl (C=O) groups is 1. The predicted molar refractivity (Wildman–Crippen MR) is 99.3 cm³/mol. The SMILES string of the molecule is Cc1ccc([C@H](C)Nc2ccc([N+](=O)[O-])c(C(=O)N3CCCC3)c2)s1. The molecule has 1 atom stereocenters. The van der Waals surface area contributed by atoms with E-state index in [4.69, 9.17) is 0 Å². The second kappa shape index (κ2) is 7.23. The number of hydrogen-bond donors (Lipinski definition) is 1. The molecule has 132 valence electrons. The van der Waals surface area contributed by atoms with Crippen molar-refractivity contribution >= 4 is 28.6 Å². The highest BCUT2D eigenvalue weighted by atomic mass is 32.1. The average Bonchev–Trinajstić information content (AvgIpc) is 3.25. The number of rotatable bonds is 5. The number of likely N-dealkylation sites (tertiary alicyclic amines) is 1. The highest BCUT2D eigenvalue weighted by molar-refractivity contribution is 7.12. The number of nitrogens with zero attached hydrogens (tertiary/aromatic N) is 2. The van der Waals surface area contributed by atoms with E-state index in [0.717, 1.165) is 12.8 Å². The number of nitro groups is 1. The van der Waals surface area contributed by atoms with Crippen LogP contribution < -0.4 is 5.32 Å². The van der Waals surface area contributed by atoms with Gasteiger partial charge in [0.15, 0.2) is 0 Å². The standard InChI is InChI=1S/C18H21N3O3S/c1-12-5-8-17(25-12)13(2)19-14-6-7-16(21(23)24)15(11-14)18(22)20-9-3-4-10-20/h5-8,11,13,19H,3-4,9-10H2,1-2H3/t13-/m0/s1. The summed E-state index contributed by atoms with van der Waals surface area (Å²) >= 11 is 1.71. The summed E-state index contributed by atoms with van der Waals surface area (Å²) in [6, 6.07) is 8.88. The molecule has 1 aliphatic heterocycles. The van der Waals surface area contributed by atoms with E-state index in [-0.39, 0.29) is 23.2 Å². The van der Waals surface area contributed by atoms with Crippen LogP contribution in [0.15, 0.2) is 30.3 Å². The van der Waals surface area contributed by atoms with Crippen LogP contribution >= 0.6 is 11.3 Å². The van der Waals surface area contributed by atoms with Gasteiger partial charge in [0.2, 0.25) is 0 Å². The Morgan fingerprint density at radius 1 is 1.28 bits per heavy atom. The number of nitro benzene ring substituents is 1. The van der Waals surface area contributed by atoms with Crippen LogP contribution in [0.1, 0.15) is 45.9 Å². The van der Waals surface area contributed by atoms with Gasteiger partial charge in [-0.15, -0.1) is 11.3 Å². The molecule has 1 aromatic heterocycles. The Labute approximate surface area is 150 Å². The number of carbonyl (C=O) groups excluding carboxylic acids is 1. The van der Waals surface area contributed by atoms with E-state index in [2.05, 4.69) is 24.4 Å². The van der Waals surface area contributed by atoms with Crippen molar-refractivity contribution in [2.75, 3.05) is 18.4 Å². The summed E-state index contributed by atoms with van der Waals surface area (Å²) in [5, 5.41) is 14.7. The summed E-state index contributed by atoms with van der Waals surface area (Å²) in [6.45, 7) is 5.42. The summed E-state index contributed by atoms with van der Waals surface area (Å²) in [4.78, 5) is 27.6. The van der Waals surface area contributed by atoms with Crippen LogP contribution in [0.25, 0.3) is 0 Å². The van der Waals surface area contributed by atoms with E-state index >= 15 is 0 Å². The molecule has 25 heavy (non-hydrogen) atoms. The number of aryl methyl sites for hydroxylation is 1. The van der Waals surface area contributed by atoms with Crippen LogP contribution in [-0.4, -0.2) is 28.8 Å². The van der Waals surface area contributed by atoms with Crippen molar-refractivity contribution in [2.24, 2.45) is 0 Å². The lowest BCUT2D eigenvalue weighted by molar-refractivity contribution is -0.385. The topological polar surface area (TPSA) is 75.5 Å². The van der Waals surface area contributed by atoms with Gasteiger partial charge in [0.1, 0.15) is 5.56 Å². The molecule has 0 radical (unpaired) electrons. The largest absolute Gasteiger partial charge is 0.378 e. The fourth-order valence-electron chi connectivity index (χ4n) is 3.05. The predicted octanol–water partition coefficient (Wildman–Crippen LogP) is 4.37. The van der Waals surface area contributed by atoms with Gasteiger partial charge in [-0.25, -0.2) is 0 Å². The van der Waals surface area contributed by atoms with Gasteiger partial charge < -0.3 is 10.2 Å². The Kier molecular flexibility index (Phi) is 5.03. The van der Waals surface area contributed by atoms with Crippen molar-refractivity contribution in [3.63, 3.8) is 0 Å². The highest BCUT2D eigenvalue weighted by Crippen LogP contribution is 2.29. The Hall–Kier alpha value is -2.41. The molecular weight excluding hydrogens is 338 g/mol. The summed E-state index contributed by atoms with van der Waals surface area (Å²) in [7, 11) is 0. The van der Waals surface area contributed by atoms with Crippen molar-refractivity contribution in [1.82, 2.24) is 4.90 Å². The van der Waals surface area contributed by atoms with Crippen molar-refractivity contribution in [1.29, 1.82) is 0 Å². The normalized spacial score (nSPS) is 15.2. The van der Waals surface area contributed by atoms with Gasteiger partial charge in [-0.3, -0.25) is 14.9 Å². The van der Waals surface area contributed by atoms with Crippen molar-refractivity contribution in [3.8, 4) is 0 Å². The molecule has 3 rings (SSSR count). The maximum atomic E-state index is 12.7. The molecule has 1 aliphatic rings. The third-order valence-corrected chi connectivity index (χ3v) is 5.57.